The number of aliphatic hydroxyl groups is 2. The molecule has 4 rings (SSSR count). The van der Waals surface area contributed by atoms with E-state index in [2.05, 4.69) is 0 Å². The number of esters is 1. The molecule has 1 saturated carbocycles. The molecule has 0 radical (unpaired) electrons. The molecule has 15 atom stereocenters. The van der Waals surface area contributed by atoms with Crippen molar-refractivity contribution in [2.24, 2.45) is 29.6 Å². The van der Waals surface area contributed by atoms with Crippen molar-refractivity contribution >= 4 is 36.6 Å². The molecule has 3 aliphatic heterocycles. The summed E-state index contributed by atoms with van der Waals surface area (Å²) in [6, 6.07) is -1.73. The van der Waals surface area contributed by atoms with Crippen LogP contribution in [0, 0.1) is 29.6 Å². The van der Waals surface area contributed by atoms with Crippen LogP contribution in [0.4, 0.5) is 0 Å². The molecule has 16 heteroatoms. The third-order valence-corrected chi connectivity index (χ3v) is 15.7. The Bertz CT molecular complexity index is 1940. The topological polar surface area (TPSA) is 201 Å². The van der Waals surface area contributed by atoms with E-state index in [1.54, 1.807) is 54.4 Å². The summed E-state index contributed by atoms with van der Waals surface area (Å²) in [6.45, 7) is 15.9. The normalized spacial score (nSPS) is 37.8. The monoisotopic (exact) mass is 990 g/mol. The van der Waals surface area contributed by atoms with Crippen molar-refractivity contribution < 1.29 is 67.0 Å². The van der Waals surface area contributed by atoms with Crippen molar-refractivity contribution in [3.63, 3.8) is 0 Å². The highest BCUT2D eigenvalue weighted by Gasteiger charge is 2.54. The maximum atomic E-state index is 14.5. The number of nitrogens with zero attached hydrogens (tertiary/aromatic N) is 1. The van der Waals surface area contributed by atoms with E-state index in [9.17, 15) is 38.8 Å². The summed E-state index contributed by atoms with van der Waals surface area (Å²) in [7, 11) is 1.76. The summed E-state index contributed by atoms with van der Waals surface area (Å²) in [5.41, 5.74) is 1.26. The number of hydrogen-bond acceptors (Lipinski definition) is 14. The predicted octanol–water partition coefficient (Wildman–Crippen LogP) is 7.89. The van der Waals surface area contributed by atoms with E-state index in [0.717, 1.165) is 12.0 Å². The van der Waals surface area contributed by atoms with Gasteiger partial charge in [0, 0.05) is 71.8 Å². The Morgan fingerprint density at radius 1 is 0.855 bits per heavy atom. The number of ketones is 3. The zero-order valence-electron chi connectivity index (χ0n) is 43.4. The summed E-state index contributed by atoms with van der Waals surface area (Å²) in [4.78, 5) is 72.3. The Hall–Kier alpha value is -3.14. The van der Waals surface area contributed by atoms with Gasteiger partial charge in [-0.25, -0.2) is 4.79 Å². The Balaban J connectivity index is 1.70. The molecule has 15 nitrogen and oxygen atoms in total. The van der Waals surface area contributed by atoms with Crippen LogP contribution in [0.2, 0.25) is 0 Å². The van der Waals surface area contributed by atoms with Gasteiger partial charge in [-0.2, -0.15) is 0 Å². The minimum atomic E-state index is -2.79. The molecule has 390 valence electrons. The van der Waals surface area contributed by atoms with Crippen molar-refractivity contribution in [3.8, 4) is 0 Å². The van der Waals surface area contributed by atoms with Gasteiger partial charge in [-0.05, 0) is 114 Å². The van der Waals surface area contributed by atoms with Crippen LogP contribution in [0.25, 0.3) is 0 Å². The maximum Gasteiger partial charge on any atom is 0.329 e. The summed E-state index contributed by atoms with van der Waals surface area (Å²) in [6.07, 6.45) is 11.2. The number of cyclic esters (lactones) is 1. The number of allylic oxidation sites excluding steroid dienone is 6. The standard InChI is InChI=1S/C53H84NO14P/c1-32-17-14-13-15-18-33(2)44(63-8)31-41-25-22-37(6)53(61,67-41)50(58)51(59)54-38(7)19-16-20-42(54)52(60)66-45(35(4)28-39-23-26-43(46(29-39)64-9)68-69(11,12)62)30-40(55)24-21-34(3)47(56)49(65-10)48(57)36(5)27-32/h13-15,17-18,21,32,35-39,41-47,49,56,61H,16,19-20,22-31H2,1-12H3/b15-13?,17-14+,33-18?,34-21+/t32-,35-,36-,37-,38?,39+,41+,42+,43-,44+,45+,46-,47-,49-,53-/m1/s1. The Morgan fingerprint density at radius 2 is 1.57 bits per heavy atom. The first-order valence-corrected chi connectivity index (χ1v) is 27.7. The minimum absolute atomic E-state index is 0.0146. The molecule has 2 N–H and O–H groups in total. The van der Waals surface area contributed by atoms with Gasteiger partial charge in [0.15, 0.2) is 13.2 Å². The van der Waals surface area contributed by atoms with Crippen molar-refractivity contribution in [2.75, 3.05) is 34.7 Å². The fourth-order valence-corrected chi connectivity index (χ4v) is 11.5. The first-order chi connectivity index (χ1) is 32.4. The largest absolute Gasteiger partial charge is 0.460 e. The van der Waals surface area contributed by atoms with Crippen LogP contribution >= 0.6 is 7.37 Å². The number of fused-ring (bicyclic) bond motifs is 3. The number of Topliss-reactive ketones (excluding diaryl/α,β-unsaturated/α-hetero) is 3. The Labute approximate surface area is 411 Å². The van der Waals surface area contributed by atoms with E-state index < -0.39 is 85.3 Å². The van der Waals surface area contributed by atoms with E-state index in [-0.39, 0.29) is 60.8 Å². The molecular formula is C53H84NO14P. The van der Waals surface area contributed by atoms with Gasteiger partial charge in [-0.15, -0.1) is 0 Å². The summed E-state index contributed by atoms with van der Waals surface area (Å²) >= 11 is 0. The maximum absolute atomic E-state index is 14.5. The SMILES string of the molecule is CO[C@H]1C[C@@H]2CC[C@@H](C)[C@@](O)(O2)C(=O)C(=O)N2C(C)CCC[C@H]2C(=O)O[C@H]([C@H](C)C[C@@H]2CC[C@@H](OP(C)(C)=O)[C@H](OC)C2)CC(=O)C/C=C(\C)[C@@H](O)[C@@H](OC)C(=O)[C@H](C)C[C@H](C)/C=C/C=CC=C1C. The molecule has 3 fully saturated rings. The number of methoxy groups -OCH3 is 3. The molecule has 0 aromatic carbocycles. The molecule has 1 aliphatic carbocycles. The van der Waals surface area contributed by atoms with Crippen LogP contribution in [0.5, 0.6) is 0 Å². The number of amides is 1. The first kappa shape index (κ1) is 58.4. The molecule has 1 unspecified atom stereocenters. The summed E-state index contributed by atoms with van der Waals surface area (Å²) < 4.78 is 48.2. The molecule has 69 heavy (non-hydrogen) atoms. The van der Waals surface area contributed by atoms with Gasteiger partial charge >= 0.3 is 5.97 Å². The molecule has 0 spiro atoms. The number of carbonyl (C=O) groups excluding carboxylic acids is 5. The Kier molecular flexibility index (Phi) is 22.5. The molecule has 0 aromatic rings. The minimum Gasteiger partial charge on any atom is -0.460 e. The summed E-state index contributed by atoms with van der Waals surface area (Å²) in [5, 5.41) is 23.4. The van der Waals surface area contributed by atoms with Crippen LogP contribution in [0.15, 0.2) is 47.6 Å². The molecular weight excluding hydrogens is 906 g/mol. The third kappa shape index (κ3) is 16.2. The number of rotatable bonds is 8. The molecule has 2 bridgehead atoms. The van der Waals surface area contributed by atoms with Crippen LogP contribution in [0.1, 0.15) is 132 Å². The van der Waals surface area contributed by atoms with E-state index in [1.165, 1.54) is 12.0 Å². The number of piperidine rings is 1. The lowest BCUT2D eigenvalue weighted by atomic mass is 9.78. The summed E-state index contributed by atoms with van der Waals surface area (Å²) in [5.74, 6) is -7.36. The second kappa shape index (κ2) is 26.5. The predicted molar refractivity (Wildman–Crippen MR) is 264 cm³/mol. The smallest absolute Gasteiger partial charge is 0.329 e. The number of hydrogen-bond donors (Lipinski definition) is 2. The van der Waals surface area contributed by atoms with Crippen molar-refractivity contribution in [1.82, 2.24) is 4.90 Å². The van der Waals surface area contributed by atoms with Crippen molar-refractivity contribution in [2.45, 2.75) is 193 Å². The van der Waals surface area contributed by atoms with Gasteiger partial charge in [0.25, 0.3) is 11.7 Å². The molecule has 1 amide bonds. The van der Waals surface area contributed by atoms with E-state index in [0.29, 0.717) is 63.4 Å². The first-order valence-electron chi connectivity index (χ1n) is 25.2. The van der Waals surface area contributed by atoms with Gasteiger partial charge in [-0.3, -0.25) is 23.7 Å². The second-order valence-corrected chi connectivity index (χ2v) is 23.7. The zero-order chi connectivity index (χ0) is 51.4. The van der Waals surface area contributed by atoms with Crippen molar-refractivity contribution in [1.29, 1.82) is 0 Å². The van der Waals surface area contributed by atoms with E-state index in [1.807, 2.05) is 58.1 Å². The average Bonchev–Trinajstić information content (AvgIpc) is 3.29. The van der Waals surface area contributed by atoms with Gasteiger partial charge in [0.1, 0.15) is 30.1 Å². The molecule has 0 aromatic heterocycles. The van der Waals surface area contributed by atoms with Gasteiger partial charge in [-0.1, -0.05) is 64.2 Å². The highest BCUT2D eigenvalue weighted by molar-refractivity contribution is 7.57. The molecule has 3 heterocycles. The fraction of sp³-hybridized carbons (Fsp3) is 0.755. The Morgan fingerprint density at radius 3 is 2.22 bits per heavy atom. The van der Waals surface area contributed by atoms with Crippen LogP contribution in [-0.4, -0.2) is 140 Å². The lowest BCUT2D eigenvalue weighted by Gasteiger charge is -2.44. The van der Waals surface area contributed by atoms with E-state index in [4.69, 9.17) is 28.2 Å². The quantitative estimate of drug-likeness (QED) is 0.103. The fourth-order valence-electron chi connectivity index (χ4n) is 10.6. The highest BCUT2D eigenvalue weighted by Crippen LogP contribution is 2.45. The lowest BCUT2D eigenvalue weighted by Crippen LogP contribution is -2.62. The van der Waals surface area contributed by atoms with Crippen molar-refractivity contribution in [3.05, 3.63) is 47.6 Å². The molecule has 4 aliphatic rings. The van der Waals surface area contributed by atoms with Gasteiger partial charge in [0.05, 0.1) is 24.4 Å². The lowest BCUT2D eigenvalue weighted by molar-refractivity contribution is -0.266. The number of ether oxygens (including phenoxy) is 5. The average molecular weight is 990 g/mol. The van der Waals surface area contributed by atoms with Gasteiger partial charge in [0.2, 0.25) is 5.79 Å². The van der Waals surface area contributed by atoms with Crippen LogP contribution < -0.4 is 0 Å². The van der Waals surface area contributed by atoms with Gasteiger partial charge < -0.3 is 43.3 Å². The third-order valence-electron chi connectivity index (χ3n) is 14.9. The number of aliphatic hydroxyl groups excluding tert-OH is 1. The van der Waals surface area contributed by atoms with E-state index >= 15 is 0 Å². The zero-order valence-corrected chi connectivity index (χ0v) is 44.3. The van der Waals surface area contributed by atoms with Crippen LogP contribution in [0.3, 0.4) is 0 Å². The highest BCUT2D eigenvalue weighted by atomic mass is 31.2. The number of carbonyl (C=O) groups is 5. The van der Waals surface area contributed by atoms with Crippen LogP contribution in [-0.2, 0) is 56.7 Å². The molecule has 2 saturated heterocycles. The second-order valence-electron chi connectivity index (χ2n) is 20.9.